The first kappa shape index (κ1) is 20.5. The Morgan fingerprint density at radius 2 is 1.80 bits per heavy atom. The van der Waals surface area contributed by atoms with Crippen LogP contribution in [0.1, 0.15) is 21.5 Å². The highest BCUT2D eigenvalue weighted by atomic mass is 35.5. The lowest BCUT2D eigenvalue weighted by molar-refractivity contribution is -0.112. The summed E-state index contributed by atoms with van der Waals surface area (Å²) < 4.78 is 0. The van der Waals surface area contributed by atoms with Gasteiger partial charge in [0.2, 0.25) is 0 Å². The van der Waals surface area contributed by atoms with Crippen LogP contribution in [0.25, 0.3) is 6.08 Å². The van der Waals surface area contributed by atoms with Crippen LogP contribution < -0.4 is 10.6 Å². The topological polar surface area (TPSA) is 58.2 Å². The predicted octanol–water partition coefficient (Wildman–Crippen LogP) is 6.01. The maximum Gasteiger partial charge on any atom is 0.262 e. The quantitative estimate of drug-likeness (QED) is 0.474. The summed E-state index contributed by atoms with van der Waals surface area (Å²) in [4.78, 5) is 26.5. The first-order valence-corrected chi connectivity index (χ1v) is 10.7. The second-order valence-corrected chi connectivity index (χ2v) is 8.53. The Balaban J connectivity index is 1.49. The Labute approximate surface area is 188 Å². The van der Waals surface area contributed by atoms with Gasteiger partial charge in [-0.05, 0) is 53.6 Å². The lowest BCUT2D eigenvalue weighted by Crippen LogP contribution is -2.23. The summed E-state index contributed by atoms with van der Waals surface area (Å²) >= 11 is 13.4. The molecule has 0 unspecified atom stereocenters. The van der Waals surface area contributed by atoms with Crippen molar-refractivity contribution in [2.24, 2.45) is 0 Å². The van der Waals surface area contributed by atoms with Gasteiger partial charge in [0.25, 0.3) is 11.8 Å². The Morgan fingerprint density at radius 3 is 2.57 bits per heavy atom. The molecule has 1 aliphatic heterocycles. The van der Waals surface area contributed by atoms with Crippen LogP contribution >= 0.6 is 35.0 Å². The van der Waals surface area contributed by atoms with E-state index in [1.807, 2.05) is 36.4 Å². The fourth-order valence-electron chi connectivity index (χ4n) is 2.92. The van der Waals surface area contributed by atoms with Crippen LogP contribution in [0, 0.1) is 0 Å². The fraction of sp³-hybridized carbons (Fsp3) is 0.0435. The van der Waals surface area contributed by atoms with Crippen LogP contribution in [0.4, 0.5) is 5.69 Å². The summed E-state index contributed by atoms with van der Waals surface area (Å²) in [6.45, 7) is 0.388. The highest BCUT2D eigenvalue weighted by molar-refractivity contribution is 8.04. The molecule has 7 heteroatoms. The van der Waals surface area contributed by atoms with Crippen molar-refractivity contribution >= 4 is 58.5 Å². The van der Waals surface area contributed by atoms with Gasteiger partial charge in [-0.15, -0.1) is 0 Å². The highest BCUT2D eigenvalue weighted by Gasteiger charge is 2.22. The number of fused-ring (bicyclic) bond motifs is 1. The zero-order chi connectivity index (χ0) is 21.1. The van der Waals surface area contributed by atoms with E-state index >= 15 is 0 Å². The zero-order valence-corrected chi connectivity index (χ0v) is 17.9. The molecular weight excluding hydrogens is 439 g/mol. The van der Waals surface area contributed by atoms with Crippen molar-refractivity contribution in [1.82, 2.24) is 5.32 Å². The van der Waals surface area contributed by atoms with E-state index in [-0.39, 0.29) is 11.8 Å². The molecule has 0 saturated heterocycles. The maximum absolute atomic E-state index is 12.5. The average molecular weight is 455 g/mol. The van der Waals surface area contributed by atoms with Crippen molar-refractivity contribution in [3.63, 3.8) is 0 Å². The van der Waals surface area contributed by atoms with Crippen LogP contribution in [0.3, 0.4) is 0 Å². The molecule has 0 bridgehead atoms. The first-order chi connectivity index (χ1) is 14.5. The van der Waals surface area contributed by atoms with Crippen molar-refractivity contribution < 1.29 is 9.59 Å². The minimum atomic E-state index is -0.230. The lowest BCUT2D eigenvalue weighted by atomic mass is 10.1. The van der Waals surface area contributed by atoms with Gasteiger partial charge in [-0.3, -0.25) is 9.59 Å². The summed E-state index contributed by atoms with van der Waals surface area (Å²) in [7, 11) is 0. The maximum atomic E-state index is 12.5. The molecule has 0 spiro atoms. The summed E-state index contributed by atoms with van der Waals surface area (Å²) in [6, 6.07) is 19.9. The van der Waals surface area contributed by atoms with E-state index in [2.05, 4.69) is 10.6 Å². The molecule has 0 aromatic heterocycles. The number of carbonyl (C=O) groups is 2. The summed E-state index contributed by atoms with van der Waals surface area (Å²) in [6.07, 6.45) is 1.76. The minimum absolute atomic E-state index is 0.218. The summed E-state index contributed by atoms with van der Waals surface area (Å²) in [5.41, 5.74) is 2.81. The smallest absolute Gasteiger partial charge is 0.262 e. The molecule has 0 aliphatic carbocycles. The van der Waals surface area contributed by atoms with Gasteiger partial charge in [0.15, 0.2) is 0 Å². The number of nitrogens with one attached hydrogen (secondary N) is 2. The number of hydrogen-bond donors (Lipinski definition) is 2. The molecule has 3 aromatic carbocycles. The van der Waals surface area contributed by atoms with E-state index in [0.29, 0.717) is 32.7 Å². The fourth-order valence-corrected chi connectivity index (χ4v) is 4.16. The second kappa shape index (κ2) is 8.96. The third-order valence-electron chi connectivity index (χ3n) is 4.49. The standard InChI is InChI=1S/C23H16Cl2N2O2S/c24-17-8-5-14(6-9-17)13-26-22(28)16-7-10-20-19(11-16)27-23(29)21(30-20)12-15-3-1-2-4-18(15)25/h1-12H,13H2,(H,26,28)(H,27,29). The molecule has 0 saturated carbocycles. The molecule has 2 amide bonds. The van der Waals surface area contributed by atoms with Crippen LogP contribution in [0.2, 0.25) is 10.0 Å². The van der Waals surface area contributed by atoms with Gasteiger partial charge in [-0.2, -0.15) is 0 Å². The highest BCUT2D eigenvalue weighted by Crippen LogP contribution is 2.39. The van der Waals surface area contributed by atoms with Crippen molar-refractivity contribution in [2.75, 3.05) is 5.32 Å². The van der Waals surface area contributed by atoms with E-state index in [9.17, 15) is 9.59 Å². The van der Waals surface area contributed by atoms with E-state index < -0.39 is 0 Å². The lowest BCUT2D eigenvalue weighted by Gasteiger charge is -2.19. The van der Waals surface area contributed by atoms with E-state index in [4.69, 9.17) is 23.2 Å². The number of carbonyl (C=O) groups excluding carboxylic acids is 2. The van der Waals surface area contributed by atoms with Crippen LogP contribution in [-0.2, 0) is 11.3 Å². The first-order valence-electron chi connectivity index (χ1n) is 9.12. The van der Waals surface area contributed by atoms with E-state index in [1.165, 1.54) is 11.8 Å². The van der Waals surface area contributed by atoms with Gasteiger partial charge in [0.1, 0.15) is 0 Å². The van der Waals surface area contributed by atoms with Crippen molar-refractivity contribution in [2.45, 2.75) is 11.4 Å². The SMILES string of the molecule is O=C1Nc2cc(C(=O)NCc3ccc(Cl)cc3)ccc2SC1=Cc1ccccc1Cl. The van der Waals surface area contributed by atoms with Gasteiger partial charge in [0, 0.05) is 27.0 Å². The van der Waals surface area contributed by atoms with E-state index in [0.717, 1.165) is 16.0 Å². The van der Waals surface area contributed by atoms with Crippen molar-refractivity contribution in [3.05, 3.63) is 98.4 Å². The Bertz CT molecular complexity index is 1160. The van der Waals surface area contributed by atoms with Gasteiger partial charge < -0.3 is 10.6 Å². The number of hydrogen-bond acceptors (Lipinski definition) is 3. The van der Waals surface area contributed by atoms with Crippen LogP contribution in [0.5, 0.6) is 0 Å². The second-order valence-electron chi connectivity index (χ2n) is 6.61. The third kappa shape index (κ3) is 4.70. The number of halogens is 2. The van der Waals surface area contributed by atoms with Crippen LogP contribution in [-0.4, -0.2) is 11.8 Å². The molecule has 0 fully saturated rings. The average Bonchev–Trinajstić information content (AvgIpc) is 2.75. The third-order valence-corrected chi connectivity index (χ3v) is 6.19. The molecule has 150 valence electrons. The van der Waals surface area contributed by atoms with Gasteiger partial charge in [-0.1, -0.05) is 65.3 Å². The zero-order valence-electron chi connectivity index (χ0n) is 15.6. The van der Waals surface area contributed by atoms with E-state index in [1.54, 1.807) is 36.4 Å². The molecule has 3 aromatic rings. The Kier molecular flexibility index (Phi) is 6.13. The monoisotopic (exact) mass is 454 g/mol. The molecule has 2 N–H and O–H groups in total. The summed E-state index contributed by atoms with van der Waals surface area (Å²) in [5, 5.41) is 6.96. The molecule has 30 heavy (non-hydrogen) atoms. The molecular formula is C23H16Cl2N2O2S. The van der Waals surface area contributed by atoms with Gasteiger partial charge in [0.05, 0.1) is 10.6 Å². The number of rotatable bonds is 4. The molecule has 4 nitrogen and oxygen atoms in total. The summed E-state index contributed by atoms with van der Waals surface area (Å²) in [5.74, 6) is -0.449. The number of thioether (sulfide) groups is 1. The van der Waals surface area contributed by atoms with Gasteiger partial charge >= 0.3 is 0 Å². The molecule has 0 radical (unpaired) electrons. The van der Waals surface area contributed by atoms with Crippen molar-refractivity contribution in [3.8, 4) is 0 Å². The Hall–Kier alpha value is -2.73. The molecule has 0 atom stereocenters. The molecule has 1 heterocycles. The van der Waals surface area contributed by atoms with Gasteiger partial charge in [-0.25, -0.2) is 0 Å². The molecule has 4 rings (SSSR count). The largest absolute Gasteiger partial charge is 0.348 e. The number of amides is 2. The number of anilines is 1. The molecule has 1 aliphatic rings. The van der Waals surface area contributed by atoms with Crippen LogP contribution in [0.15, 0.2) is 76.5 Å². The Morgan fingerprint density at radius 1 is 1.03 bits per heavy atom. The minimum Gasteiger partial charge on any atom is -0.348 e. The normalized spacial score (nSPS) is 14.2. The number of benzene rings is 3. The predicted molar refractivity (Wildman–Crippen MR) is 123 cm³/mol. The van der Waals surface area contributed by atoms with Crippen molar-refractivity contribution in [1.29, 1.82) is 0 Å².